The number of anilines is 1. The van der Waals surface area contributed by atoms with Crippen LogP contribution in [0.2, 0.25) is 0 Å². The molecule has 0 aliphatic carbocycles. The van der Waals surface area contributed by atoms with Gasteiger partial charge in [0.25, 0.3) is 0 Å². The number of hydrogen-bond acceptors (Lipinski definition) is 2. The van der Waals surface area contributed by atoms with Crippen LogP contribution in [0.15, 0.2) is 30.3 Å². The van der Waals surface area contributed by atoms with Gasteiger partial charge in [-0.05, 0) is 12.1 Å². The number of hydrogen-bond donors (Lipinski definition) is 2. The molecular weight excluding hydrogens is 150 g/mol. The third-order valence-corrected chi connectivity index (χ3v) is 1.06. The monoisotopic (exact) mass is 169 g/mol. The summed E-state index contributed by atoms with van der Waals surface area (Å²) in [4.78, 5) is 0. The molecule has 0 bridgehead atoms. The van der Waals surface area contributed by atoms with Crippen LogP contribution in [0.25, 0.3) is 0 Å². The number of para-hydroxylation sites is 1. The van der Waals surface area contributed by atoms with Gasteiger partial charge in [-0.2, -0.15) is 0 Å². The van der Waals surface area contributed by atoms with Gasteiger partial charge >= 0.3 is 0 Å². The second kappa shape index (κ2) is 12.6. The van der Waals surface area contributed by atoms with Crippen LogP contribution in [-0.2, 0) is 0 Å². The van der Waals surface area contributed by atoms with Gasteiger partial charge in [0.2, 0.25) is 0 Å². The third kappa shape index (κ3) is 7.09. The van der Waals surface area contributed by atoms with Gasteiger partial charge in [-0.3, -0.25) is 0 Å². The topological polar surface area (TPSA) is 32.3 Å². The fraction of sp³-hybridized carbons (Fsp3) is 0.400. The molecule has 0 radical (unpaired) electrons. The van der Waals surface area contributed by atoms with Crippen LogP contribution in [0.3, 0.4) is 0 Å². The molecule has 1 aromatic rings. The largest absolute Gasteiger partial charge is 0.400 e. The Morgan fingerprint density at radius 1 is 1.00 bits per heavy atom. The zero-order valence-electron chi connectivity index (χ0n) is 8.33. The van der Waals surface area contributed by atoms with E-state index < -0.39 is 0 Å². The lowest BCUT2D eigenvalue weighted by Gasteiger charge is -1.94. The highest BCUT2D eigenvalue weighted by Crippen LogP contribution is 2.01. The van der Waals surface area contributed by atoms with E-state index in [-0.39, 0.29) is 0 Å². The highest BCUT2D eigenvalue weighted by Gasteiger charge is 1.77. The average molecular weight is 169 g/mol. The highest BCUT2D eigenvalue weighted by atomic mass is 16.2. The predicted octanol–water partition coefficient (Wildman–Crippen LogP) is 2.36. The molecule has 1 aromatic carbocycles. The van der Waals surface area contributed by atoms with Gasteiger partial charge in [0.15, 0.2) is 0 Å². The summed E-state index contributed by atoms with van der Waals surface area (Å²) in [6.07, 6.45) is 0. The normalized spacial score (nSPS) is 6.75. The molecule has 2 nitrogen and oxygen atoms in total. The smallest absolute Gasteiger partial charge is 0.0337 e. The minimum atomic E-state index is 1.00. The molecule has 0 saturated carbocycles. The maximum Gasteiger partial charge on any atom is 0.0337 e. The molecule has 0 unspecified atom stereocenters. The van der Waals surface area contributed by atoms with Gasteiger partial charge < -0.3 is 10.4 Å². The Hall–Kier alpha value is -1.02. The molecule has 0 aliphatic heterocycles. The Kier molecular flexibility index (Phi) is 14.3. The lowest BCUT2D eigenvalue weighted by atomic mass is 10.3. The molecule has 0 atom stereocenters. The standard InChI is InChI=1S/C7H9N.C2H6.CH4O/c1-8-7-5-3-2-4-6-7;2*1-2/h2-6,8H,1H3;1-2H3;2H,1H3. The van der Waals surface area contributed by atoms with Crippen molar-refractivity contribution < 1.29 is 5.11 Å². The summed E-state index contributed by atoms with van der Waals surface area (Å²) in [6.45, 7) is 4.00. The van der Waals surface area contributed by atoms with E-state index in [0.717, 1.165) is 12.8 Å². The Morgan fingerprint density at radius 2 is 1.42 bits per heavy atom. The van der Waals surface area contributed by atoms with E-state index in [9.17, 15) is 0 Å². The number of aliphatic hydroxyl groups excluding tert-OH is 1. The van der Waals surface area contributed by atoms with E-state index in [4.69, 9.17) is 5.11 Å². The van der Waals surface area contributed by atoms with Crippen LogP contribution in [0.4, 0.5) is 5.69 Å². The Morgan fingerprint density at radius 3 is 1.67 bits per heavy atom. The van der Waals surface area contributed by atoms with Gasteiger partial charge in [-0.1, -0.05) is 32.0 Å². The molecule has 0 saturated heterocycles. The van der Waals surface area contributed by atoms with Gasteiger partial charge in [-0.25, -0.2) is 0 Å². The first-order valence-electron chi connectivity index (χ1n) is 4.11. The molecule has 70 valence electrons. The van der Waals surface area contributed by atoms with Crippen LogP contribution in [0, 0.1) is 0 Å². The van der Waals surface area contributed by atoms with Gasteiger partial charge in [0.1, 0.15) is 0 Å². The van der Waals surface area contributed by atoms with Crippen molar-refractivity contribution in [3.63, 3.8) is 0 Å². The molecule has 0 aromatic heterocycles. The molecule has 2 N–H and O–H groups in total. The first-order valence-corrected chi connectivity index (χ1v) is 4.11. The summed E-state index contributed by atoms with van der Waals surface area (Å²) < 4.78 is 0. The minimum absolute atomic E-state index is 1.00. The summed E-state index contributed by atoms with van der Waals surface area (Å²) in [6, 6.07) is 10.1. The Bertz CT molecular complexity index is 151. The molecule has 0 heterocycles. The van der Waals surface area contributed by atoms with Crippen LogP contribution in [0.5, 0.6) is 0 Å². The van der Waals surface area contributed by atoms with Crippen molar-refractivity contribution in [1.82, 2.24) is 0 Å². The Labute approximate surface area is 75.2 Å². The Balaban J connectivity index is 0. The van der Waals surface area contributed by atoms with E-state index >= 15 is 0 Å². The van der Waals surface area contributed by atoms with E-state index in [2.05, 4.69) is 5.32 Å². The number of benzene rings is 1. The summed E-state index contributed by atoms with van der Waals surface area (Å²) in [7, 11) is 2.91. The van der Waals surface area contributed by atoms with E-state index in [1.54, 1.807) is 0 Å². The fourth-order valence-electron chi connectivity index (χ4n) is 0.605. The lowest BCUT2D eigenvalue weighted by Crippen LogP contribution is -1.84. The van der Waals surface area contributed by atoms with Crippen molar-refractivity contribution in [3.8, 4) is 0 Å². The number of rotatable bonds is 1. The molecule has 1 rings (SSSR count). The number of aliphatic hydroxyl groups is 1. The highest BCUT2D eigenvalue weighted by molar-refractivity contribution is 5.41. The fourth-order valence-corrected chi connectivity index (χ4v) is 0.605. The van der Waals surface area contributed by atoms with Crippen molar-refractivity contribution in [2.45, 2.75) is 13.8 Å². The third-order valence-electron chi connectivity index (χ3n) is 1.06. The van der Waals surface area contributed by atoms with Gasteiger partial charge in [0.05, 0.1) is 0 Å². The van der Waals surface area contributed by atoms with E-state index in [1.165, 1.54) is 0 Å². The maximum atomic E-state index is 7.00. The van der Waals surface area contributed by atoms with Gasteiger partial charge in [0, 0.05) is 19.8 Å². The average Bonchev–Trinajstić information content (AvgIpc) is 2.25. The lowest BCUT2D eigenvalue weighted by molar-refractivity contribution is 0.399. The van der Waals surface area contributed by atoms with Crippen LogP contribution >= 0.6 is 0 Å². The SMILES string of the molecule is CC.CNc1ccccc1.CO. The molecule has 0 fully saturated rings. The van der Waals surface area contributed by atoms with Crippen molar-refractivity contribution >= 4 is 5.69 Å². The zero-order valence-corrected chi connectivity index (χ0v) is 8.33. The van der Waals surface area contributed by atoms with Crippen molar-refractivity contribution in [3.05, 3.63) is 30.3 Å². The minimum Gasteiger partial charge on any atom is -0.400 e. The second-order valence-electron chi connectivity index (χ2n) is 1.62. The van der Waals surface area contributed by atoms with Crippen molar-refractivity contribution in [1.29, 1.82) is 0 Å². The molecule has 0 spiro atoms. The van der Waals surface area contributed by atoms with E-state index in [1.807, 2.05) is 51.2 Å². The summed E-state index contributed by atoms with van der Waals surface area (Å²) in [5.41, 5.74) is 1.16. The second-order valence-corrected chi connectivity index (χ2v) is 1.62. The van der Waals surface area contributed by atoms with Crippen LogP contribution < -0.4 is 5.32 Å². The molecule has 0 aliphatic rings. The summed E-state index contributed by atoms with van der Waals surface area (Å²) >= 11 is 0. The quantitative estimate of drug-likeness (QED) is 0.676. The summed E-state index contributed by atoms with van der Waals surface area (Å²) in [5, 5.41) is 10.0. The van der Waals surface area contributed by atoms with Crippen molar-refractivity contribution in [2.75, 3.05) is 19.5 Å². The van der Waals surface area contributed by atoms with E-state index in [0.29, 0.717) is 0 Å². The number of nitrogens with one attached hydrogen (secondary N) is 1. The molecular formula is C10H19NO. The molecule has 2 heteroatoms. The zero-order chi connectivity index (χ0) is 9.82. The maximum absolute atomic E-state index is 7.00. The summed E-state index contributed by atoms with van der Waals surface area (Å²) in [5.74, 6) is 0. The van der Waals surface area contributed by atoms with Crippen molar-refractivity contribution in [2.24, 2.45) is 0 Å². The van der Waals surface area contributed by atoms with Crippen LogP contribution in [0.1, 0.15) is 13.8 Å². The van der Waals surface area contributed by atoms with Crippen LogP contribution in [-0.4, -0.2) is 19.3 Å². The predicted molar refractivity (Wildman–Crippen MR) is 55.5 cm³/mol. The van der Waals surface area contributed by atoms with Gasteiger partial charge in [-0.15, -0.1) is 0 Å². The molecule has 12 heavy (non-hydrogen) atoms. The first-order chi connectivity index (χ1) is 5.93. The molecule has 0 amide bonds. The first kappa shape index (κ1) is 13.6.